The molecule has 1 atom stereocenters. The van der Waals surface area contributed by atoms with Gasteiger partial charge in [-0.15, -0.1) is 10.2 Å². The van der Waals surface area contributed by atoms with Crippen molar-refractivity contribution in [3.63, 3.8) is 0 Å². The van der Waals surface area contributed by atoms with E-state index >= 15 is 0 Å². The normalized spacial score (nSPS) is 12.0. The summed E-state index contributed by atoms with van der Waals surface area (Å²) >= 11 is 1.51. The van der Waals surface area contributed by atoms with Crippen molar-refractivity contribution in [2.45, 2.75) is 17.2 Å². The van der Waals surface area contributed by atoms with Crippen LogP contribution in [0.25, 0.3) is 11.5 Å². The van der Waals surface area contributed by atoms with E-state index in [1.807, 2.05) is 25.1 Å². The Kier molecular flexibility index (Phi) is 4.33. The molecule has 2 aromatic heterocycles. The highest BCUT2D eigenvalue weighted by Gasteiger charge is 2.17. The fourth-order valence-electron chi connectivity index (χ4n) is 1.89. The molecule has 2 heterocycles. The molecule has 23 heavy (non-hydrogen) atoms. The quantitative estimate of drug-likeness (QED) is 0.398. The van der Waals surface area contributed by atoms with Crippen LogP contribution in [0.4, 0.5) is 5.69 Å². The fourth-order valence-corrected chi connectivity index (χ4v) is 2.73. The van der Waals surface area contributed by atoms with E-state index in [4.69, 9.17) is 4.42 Å². The second-order valence-electron chi connectivity index (χ2n) is 4.68. The Morgan fingerprint density at radius 1 is 1.17 bits per heavy atom. The largest absolute Gasteiger partial charge is 0.419 e. The van der Waals surface area contributed by atoms with Crippen molar-refractivity contribution in [3.05, 3.63) is 64.7 Å². The number of benzene rings is 1. The first kappa shape index (κ1) is 15.2. The van der Waals surface area contributed by atoms with Gasteiger partial charge in [-0.2, -0.15) is 0 Å². The summed E-state index contributed by atoms with van der Waals surface area (Å²) in [5, 5.41) is 19.5. The number of nitrogens with zero attached hydrogens (tertiary/aromatic N) is 4. The Bertz CT molecular complexity index is 805. The second-order valence-corrected chi connectivity index (χ2v) is 6.04. The first-order chi connectivity index (χ1) is 11.1. The van der Waals surface area contributed by atoms with Crippen molar-refractivity contribution in [2.75, 3.05) is 0 Å². The molecule has 8 heteroatoms. The average molecular weight is 328 g/mol. The summed E-state index contributed by atoms with van der Waals surface area (Å²) < 4.78 is 5.66. The Hall–Kier alpha value is -2.74. The van der Waals surface area contributed by atoms with Gasteiger partial charge in [0.2, 0.25) is 11.8 Å². The van der Waals surface area contributed by atoms with Crippen LogP contribution in [0.5, 0.6) is 0 Å². The van der Waals surface area contributed by atoms with Crippen molar-refractivity contribution in [1.82, 2.24) is 15.2 Å². The van der Waals surface area contributed by atoms with Gasteiger partial charge in [-0.05, 0) is 31.2 Å². The molecule has 0 aliphatic rings. The summed E-state index contributed by atoms with van der Waals surface area (Å²) in [6, 6.07) is 11.7. The summed E-state index contributed by atoms with van der Waals surface area (Å²) in [5.41, 5.74) is 0.664. The minimum absolute atomic E-state index is 0.0209. The maximum Gasteiger partial charge on any atom is 0.269 e. The van der Waals surface area contributed by atoms with Gasteiger partial charge in [0.1, 0.15) is 0 Å². The number of hydrogen-bond donors (Lipinski definition) is 0. The third-order valence-corrected chi connectivity index (χ3v) is 4.09. The Balaban J connectivity index is 1.76. The molecular weight excluding hydrogens is 316 g/mol. The van der Waals surface area contributed by atoms with E-state index in [1.165, 1.54) is 23.9 Å². The van der Waals surface area contributed by atoms with Crippen LogP contribution >= 0.6 is 11.8 Å². The Morgan fingerprint density at radius 2 is 1.96 bits per heavy atom. The smallest absolute Gasteiger partial charge is 0.269 e. The molecule has 1 unspecified atom stereocenters. The standard InChI is InChI=1S/C15H12N4O3S/c1-10(23-13-4-2-3-9-16-13)14-17-18-15(22-14)11-5-7-12(8-6-11)19(20)21/h2-10H,1H3. The minimum Gasteiger partial charge on any atom is -0.419 e. The first-order valence-electron chi connectivity index (χ1n) is 6.79. The molecule has 3 rings (SSSR count). The van der Waals surface area contributed by atoms with E-state index in [9.17, 15) is 10.1 Å². The molecule has 0 saturated heterocycles. The van der Waals surface area contributed by atoms with Crippen LogP contribution in [0.15, 0.2) is 58.1 Å². The van der Waals surface area contributed by atoms with Crippen LogP contribution in [0.3, 0.4) is 0 Å². The molecule has 0 amide bonds. The van der Waals surface area contributed by atoms with Gasteiger partial charge in [-0.25, -0.2) is 4.98 Å². The average Bonchev–Trinajstić information content (AvgIpc) is 3.06. The highest BCUT2D eigenvalue weighted by Crippen LogP contribution is 2.33. The van der Waals surface area contributed by atoms with Crippen LogP contribution in [0.2, 0.25) is 0 Å². The van der Waals surface area contributed by atoms with Gasteiger partial charge < -0.3 is 4.42 Å². The number of nitro benzene ring substituents is 1. The van der Waals surface area contributed by atoms with Crippen molar-refractivity contribution in [1.29, 1.82) is 0 Å². The number of hydrogen-bond acceptors (Lipinski definition) is 7. The molecule has 3 aromatic rings. The maximum atomic E-state index is 10.7. The van der Waals surface area contributed by atoms with Crippen molar-refractivity contribution >= 4 is 17.4 Å². The number of rotatable bonds is 5. The zero-order valence-corrected chi connectivity index (χ0v) is 12.9. The first-order valence-corrected chi connectivity index (χ1v) is 7.67. The maximum absolute atomic E-state index is 10.7. The van der Waals surface area contributed by atoms with Crippen molar-refractivity contribution in [3.8, 4) is 11.5 Å². The zero-order valence-electron chi connectivity index (χ0n) is 12.1. The van der Waals surface area contributed by atoms with Gasteiger partial charge in [0, 0.05) is 23.9 Å². The lowest BCUT2D eigenvalue weighted by Crippen LogP contribution is -1.89. The molecular formula is C15H12N4O3S. The monoisotopic (exact) mass is 328 g/mol. The van der Waals surface area contributed by atoms with Gasteiger partial charge in [-0.3, -0.25) is 10.1 Å². The van der Waals surface area contributed by atoms with Crippen LogP contribution in [-0.2, 0) is 0 Å². The summed E-state index contributed by atoms with van der Waals surface area (Å²) in [7, 11) is 0. The molecule has 0 radical (unpaired) electrons. The van der Waals surface area contributed by atoms with Gasteiger partial charge >= 0.3 is 0 Å². The summed E-state index contributed by atoms with van der Waals surface area (Å²) in [6.07, 6.45) is 1.73. The van der Waals surface area contributed by atoms with Crippen molar-refractivity contribution < 1.29 is 9.34 Å². The number of aromatic nitrogens is 3. The van der Waals surface area contributed by atoms with Crippen LogP contribution in [-0.4, -0.2) is 20.1 Å². The van der Waals surface area contributed by atoms with E-state index < -0.39 is 4.92 Å². The number of nitro groups is 1. The van der Waals surface area contributed by atoms with Gasteiger partial charge in [0.05, 0.1) is 15.2 Å². The summed E-state index contributed by atoms with van der Waals surface area (Å²) in [6.45, 7) is 1.95. The number of thioether (sulfide) groups is 1. The van der Waals surface area contributed by atoms with Crippen LogP contribution in [0, 0.1) is 10.1 Å². The van der Waals surface area contributed by atoms with Crippen molar-refractivity contribution in [2.24, 2.45) is 0 Å². The third-order valence-electron chi connectivity index (χ3n) is 3.05. The lowest BCUT2D eigenvalue weighted by molar-refractivity contribution is -0.384. The fraction of sp³-hybridized carbons (Fsp3) is 0.133. The highest BCUT2D eigenvalue weighted by molar-refractivity contribution is 7.99. The summed E-state index contributed by atoms with van der Waals surface area (Å²) in [5.74, 6) is 0.817. The third kappa shape index (κ3) is 3.54. The zero-order chi connectivity index (χ0) is 16.2. The van der Waals surface area contributed by atoms with E-state index in [2.05, 4.69) is 15.2 Å². The predicted molar refractivity (Wildman–Crippen MR) is 84.9 cm³/mol. The molecule has 1 aromatic carbocycles. The molecule has 0 bridgehead atoms. The van der Waals surface area contributed by atoms with E-state index in [1.54, 1.807) is 18.3 Å². The Labute approximate surface area is 135 Å². The van der Waals surface area contributed by atoms with E-state index in [0.717, 1.165) is 5.03 Å². The SMILES string of the molecule is CC(Sc1ccccn1)c1nnc(-c2ccc([N+](=O)[O-])cc2)o1. The van der Waals surface area contributed by atoms with Crippen LogP contribution in [0.1, 0.15) is 18.1 Å². The highest BCUT2D eigenvalue weighted by atomic mass is 32.2. The number of non-ortho nitro benzene ring substituents is 1. The molecule has 116 valence electrons. The Morgan fingerprint density at radius 3 is 2.61 bits per heavy atom. The predicted octanol–water partition coefficient (Wildman–Crippen LogP) is 3.89. The number of pyridine rings is 1. The van der Waals surface area contributed by atoms with E-state index in [0.29, 0.717) is 17.3 Å². The molecule has 7 nitrogen and oxygen atoms in total. The lowest BCUT2D eigenvalue weighted by atomic mass is 10.2. The van der Waals surface area contributed by atoms with E-state index in [-0.39, 0.29) is 10.9 Å². The molecule has 0 spiro atoms. The molecule has 0 saturated carbocycles. The molecule has 0 N–H and O–H groups in total. The second kappa shape index (κ2) is 6.57. The topological polar surface area (TPSA) is 95.0 Å². The van der Waals surface area contributed by atoms with Crippen LogP contribution < -0.4 is 0 Å². The van der Waals surface area contributed by atoms with Gasteiger partial charge in [-0.1, -0.05) is 17.8 Å². The molecule has 0 aliphatic heterocycles. The summed E-state index contributed by atoms with van der Waals surface area (Å²) in [4.78, 5) is 14.5. The molecule has 0 fully saturated rings. The van der Waals surface area contributed by atoms with Gasteiger partial charge in [0.25, 0.3) is 5.69 Å². The lowest BCUT2D eigenvalue weighted by Gasteiger charge is -2.04. The molecule has 0 aliphatic carbocycles. The minimum atomic E-state index is -0.450. The van der Waals surface area contributed by atoms with Gasteiger partial charge in [0.15, 0.2) is 0 Å².